The van der Waals surface area contributed by atoms with Crippen LogP contribution in [0.15, 0.2) is 48.5 Å². The summed E-state index contributed by atoms with van der Waals surface area (Å²) in [5, 5.41) is 3.01. The number of carbonyl (C=O) groups is 1. The molecule has 0 unspecified atom stereocenters. The van der Waals surface area contributed by atoms with Gasteiger partial charge in [0.1, 0.15) is 5.82 Å². The molecule has 2 aromatic carbocycles. The molecule has 0 aliphatic carbocycles. The molecule has 2 N–H and O–H groups in total. The van der Waals surface area contributed by atoms with E-state index in [2.05, 4.69) is 5.32 Å². The number of amides is 1. The van der Waals surface area contributed by atoms with Gasteiger partial charge in [-0.3, -0.25) is 4.79 Å². The Bertz CT molecular complexity index is 570. The Morgan fingerprint density at radius 2 is 1.74 bits per heavy atom. The predicted molar refractivity (Wildman–Crippen MR) is 68.7 cm³/mol. The zero-order chi connectivity index (χ0) is 13.7. The van der Waals surface area contributed by atoms with E-state index in [0.717, 1.165) is 11.1 Å². The molecule has 2 aromatic rings. The molecule has 0 fully saturated rings. The van der Waals surface area contributed by atoms with E-state index < -0.39 is 5.91 Å². The number of carbonyl (C=O) groups excluding carboxylic acids is 1. The minimum absolute atomic E-state index is 0.215. The van der Waals surface area contributed by atoms with Crippen LogP contribution in [0.4, 0.5) is 14.6 Å². The van der Waals surface area contributed by atoms with Crippen molar-refractivity contribution in [2.75, 3.05) is 5.32 Å². The van der Waals surface area contributed by atoms with Gasteiger partial charge in [-0.2, -0.15) is 5.54 Å². The number of halogens is 2. The van der Waals surface area contributed by atoms with Crippen molar-refractivity contribution in [2.24, 2.45) is 0 Å². The molecule has 0 aliphatic rings. The molecule has 5 heteroatoms. The molecule has 0 saturated carbocycles. The molecule has 2 rings (SSSR count). The van der Waals surface area contributed by atoms with Crippen LogP contribution in [0.2, 0.25) is 0 Å². The van der Waals surface area contributed by atoms with E-state index in [1.165, 1.54) is 18.2 Å². The van der Waals surface area contributed by atoms with Crippen molar-refractivity contribution in [2.45, 2.75) is 6.54 Å². The normalized spacial score (nSPS) is 10.0. The Morgan fingerprint density at radius 1 is 1.05 bits per heavy atom. The summed E-state index contributed by atoms with van der Waals surface area (Å²) < 4.78 is 24.9. The monoisotopic (exact) mass is 262 g/mol. The van der Waals surface area contributed by atoms with Gasteiger partial charge in [-0.15, -0.1) is 0 Å². The Labute approximate surface area is 109 Å². The minimum Gasteiger partial charge on any atom is -0.380 e. The maximum atomic E-state index is 12.8. The van der Waals surface area contributed by atoms with Crippen LogP contribution in [-0.2, 0) is 6.54 Å². The largest absolute Gasteiger partial charge is 0.380 e. The molecule has 0 bridgehead atoms. The van der Waals surface area contributed by atoms with Gasteiger partial charge in [0, 0.05) is 12.2 Å². The molecule has 0 heterocycles. The van der Waals surface area contributed by atoms with Gasteiger partial charge in [0.05, 0.1) is 5.56 Å². The van der Waals surface area contributed by atoms with E-state index in [1.807, 2.05) is 0 Å². The lowest BCUT2D eigenvalue weighted by atomic mass is 10.1. The van der Waals surface area contributed by atoms with E-state index in [0.29, 0.717) is 12.2 Å². The zero-order valence-corrected chi connectivity index (χ0v) is 9.99. The molecule has 0 aliphatic heterocycles. The molecular formula is C14H12F2N2O. The number of rotatable bonds is 4. The molecule has 0 atom stereocenters. The summed E-state index contributed by atoms with van der Waals surface area (Å²) in [6, 6.07) is 12.6. The lowest BCUT2D eigenvalue weighted by molar-refractivity contribution is 0.0860. The topological polar surface area (TPSA) is 41.1 Å². The summed E-state index contributed by atoms with van der Waals surface area (Å²) in [5.74, 6) is -1.11. The Kier molecular flexibility index (Phi) is 4.07. The molecule has 0 aromatic heterocycles. The second kappa shape index (κ2) is 5.95. The highest BCUT2D eigenvalue weighted by Gasteiger charge is 2.09. The molecule has 19 heavy (non-hydrogen) atoms. The van der Waals surface area contributed by atoms with Crippen molar-refractivity contribution in [3.63, 3.8) is 0 Å². The van der Waals surface area contributed by atoms with Crippen molar-refractivity contribution < 1.29 is 13.7 Å². The second-order valence-electron chi connectivity index (χ2n) is 3.95. The zero-order valence-electron chi connectivity index (χ0n) is 9.99. The Hall–Kier alpha value is -2.43. The predicted octanol–water partition coefficient (Wildman–Crippen LogP) is 3.05. The van der Waals surface area contributed by atoms with Crippen LogP contribution in [0.5, 0.6) is 0 Å². The van der Waals surface area contributed by atoms with Crippen LogP contribution in [0.3, 0.4) is 0 Å². The van der Waals surface area contributed by atoms with Crippen molar-refractivity contribution in [3.05, 3.63) is 65.5 Å². The number of benzene rings is 2. The van der Waals surface area contributed by atoms with Crippen molar-refractivity contribution >= 4 is 11.6 Å². The summed E-state index contributed by atoms with van der Waals surface area (Å²) in [6.07, 6.45) is 0. The molecule has 3 nitrogen and oxygen atoms in total. The standard InChI is InChI=1S/C14H12F2N2O/c15-11-7-5-10(6-8-11)9-17-13-4-2-1-3-12(13)14(19)18-16/h1-8,17H,9H2,(H,18,19). The van der Waals surface area contributed by atoms with Gasteiger partial charge in [-0.05, 0) is 29.8 Å². The number of hydrogen-bond donors (Lipinski definition) is 2. The number of hydrogen-bond acceptors (Lipinski definition) is 2. The third-order valence-electron chi connectivity index (χ3n) is 2.65. The number of para-hydroxylation sites is 1. The Balaban J connectivity index is 2.11. The minimum atomic E-state index is -0.804. The van der Waals surface area contributed by atoms with Crippen molar-refractivity contribution in [3.8, 4) is 0 Å². The summed E-state index contributed by atoms with van der Waals surface area (Å²) in [6.45, 7) is 0.414. The van der Waals surface area contributed by atoms with Crippen LogP contribution in [0.25, 0.3) is 0 Å². The van der Waals surface area contributed by atoms with Crippen LogP contribution in [-0.4, -0.2) is 5.91 Å². The Morgan fingerprint density at radius 3 is 2.42 bits per heavy atom. The van der Waals surface area contributed by atoms with E-state index in [1.54, 1.807) is 30.3 Å². The van der Waals surface area contributed by atoms with Gasteiger partial charge in [-0.1, -0.05) is 28.7 Å². The fraction of sp³-hybridized carbons (Fsp3) is 0.0714. The lowest BCUT2D eigenvalue weighted by Crippen LogP contribution is -2.16. The highest BCUT2D eigenvalue weighted by molar-refractivity contribution is 5.98. The highest BCUT2D eigenvalue weighted by Crippen LogP contribution is 2.16. The molecule has 98 valence electrons. The third kappa shape index (κ3) is 3.28. The van der Waals surface area contributed by atoms with E-state index in [4.69, 9.17) is 0 Å². The van der Waals surface area contributed by atoms with Crippen LogP contribution in [0, 0.1) is 5.82 Å². The smallest absolute Gasteiger partial charge is 0.281 e. The van der Waals surface area contributed by atoms with Gasteiger partial charge in [0.25, 0.3) is 5.91 Å². The highest BCUT2D eigenvalue weighted by atomic mass is 19.2. The van der Waals surface area contributed by atoms with Gasteiger partial charge in [0.2, 0.25) is 0 Å². The average molecular weight is 262 g/mol. The fourth-order valence-electron chi connectivity index (χ4n) is 1.69. The molecule has 1 amide bonds. The average Bonchev–Trinajstić information content (AvgIpc) is 2.46. The molecular weight excluding hydrogens is 250 g/mol. The molecule has 0 radical (unpaired) electrons. The van der Waals surface area contributed by atoms with Crippen LogP contribution in [0.1, 0.15) is 15.9 Å². The summed E-state index contributed by atoms with van der Waals surface area (Å²) in [7, 11) is 0. The summed E-state index contributed by atoms with van der Waals surface area (Å²) in [5.41, 5.74) is 2.69. The summed E-state index contributed by atoms with van der Waals surface area (Å²) >= 11 is 0. The van der Waals surface area contributed by atoms with E-state index in [-0.39, 0.29) is 11.4 Å². The maximum absolute atomic E-state index is 12.8. The second-order valence-corrected chi connectivity index (χ2v) is 3.95. The SMILES string of the molecule is O=C(NF)c1ccccc1NCc1ccc(F)cc1. The quantitative estimate of drug-likeness (QED) is 0.831. The van der Waals surface area contributed by atoms with E-state index in [9.17, 15) is 13.7 Å². The van der Waals surface area contributed by atoms with Crippen molar-refractivity contribution in [1.82, 2.24) is 5.54 Å². The first-order valence-electron chi connectivity index (χ1n) is 5.69. The van der Waals surface area contributed by atoms with Gasteiger partial charge < -0.3 is 5.32 Å². The van der Waals surface area contributed by atoms with Crippen LogP contribution >= 0.6 is 0 Å². The first kappa shape index (κ1) is 13.0. The molecule has 0 spiro atoms. The van der Waals surface area contributed by atoms with Gasteiger partial charge in [-0.25, -0.2) is 4.39 Å². The lowest BCUT2D eigenvalue weighted by Gasteiger charge is -2.10. The molecule has 0 saturated heterocycles. The van der Waals surface area contributed by atoms with E-state index >= 15 is 0 Å². The third-order valence-corrected chi connectivity index (χ3v) is 2.65. The summed E-state index contributed by atoms with van der Waals surface area (Å²) in [4.78, 5) is 11.3. The maximum Gasteiger partial charge on any atom is 0.281 e. The van der Waals surface area contributed by atoms with Crippen molar-refractivity contribution in [1.29, 1.82) is 0 Å². The number of nitrogens with one attached hydrogen (secondary N) is 2. The van der Waals surface area contributed by atoms with Crippen LogP contribution < -0.4 is 10.9 Å². The van der Waals surface area contributed by atoms with Gasteiger partial charge >= 0.3 is 0 Å². The fourth-order valence-corrected chi connectivity index (χ4v) is 1.69. The van der Waals surface area contributed by atoms with Gasteiger partial charge in [0.15, 0.2) is 0 Å². The first-order valence-corrected chi connectivity index (χ1v) is 5.69. The number of anilines is 1. The first-order chi connectivity index (χ1) is 9.20.